The predicted molar refractivity (Wildman–Crippen MR) is 88.6 cm³/mol. The molecule has 1 saturated heterocycles. The molecule has 5 N–H and O–H groups in total. The fourth-order valence-electron chi connectivity index (χ4n) is 2.97. The molecule has 0 saturated carbocycles. The molecule has 0 amide bonds. The number of rotatable bonds is 1. The van der Waals surface area contributed by atoms with Gasteiger partial charge in [-0.1, -0.05) is 11.8 Å². The monoisotopic (exact) mass is 381 g/mol. The summed E-state index contributed by atoms with van der Waals surface area (Å²) in [7, 11) is 0. The molecule has 2 aliphatic heterocycles. The zero-order valence-electron chi connectivity index (χ0n) is 13.4. The molecular weight excluding hydrogens is 362 g/mol. The number of fused-ring (bicyclic) bond motifs is 1. The Labute approximate surface area is 146 Å². The van der Waals surface area contributed by atoms with Crippen molar-refractivity contribution in [2.45, 2.75) is 24.7 Å². The van der Waals surface area contributed by atoms with Crippen LogP contribution in [0.2, 0.25) is 0 Å². The van der Waals surface area contributed by atoms with Crippen LogP contribution in [0.3, 0.4) is 0 Å². The van der Waals surface area contributed by atoms with E-state index in [0.29, 0.717) is 0 Å². The van der Waals surface area contributed by atoms with Gasteiger partial charge in [0.15, 0.2) is 11.3 Å². The first-order valence-electron chi connectivity index (χ1n) is 7.48. The highest BCUT2D eigenvalue weighted by Crippen LogP contribution is 2.51. The van der Waals surface area contributed by atoms with E-state index < -0.39 is 29.6 Å². The number of ether oxygens (including phenoxy) is 1. The molecule has 10 heteroatoms. The van der Waals surface area contributed by atoms with Crippen LogP contribution in [0.4, 0.5) is 23.2 Å². The van der Waals surface area contributed by atoms with Gasteiger partial charge in [-0.3, -0.25) is 0 Å². The topological polar surface area (TPSA) is 93.9 Å². The van der Waals surface area contributed by atoms with E-state index in [1.54, 1.807) is 6.92 Å². The van der Waals surface area contributed by atoms with E-state index in [1.807, 2.05) is 0 Å². The molecule has 0 unspecified atom stereocenters. The lowest BCUT2D eigenvalue weighted by molar-refractivity contribution is -0.215. The van der Waals surface area contributed by atoms with E-state index in [9.17, 15) is 17.6 Å². The third kappa shape index (κ3) is 3.85. The van der Waals surface area contributed by atoms with Gasteiger partial charge in [-0.05, 0) is 25.1 Å². The molecular formula is C15H19F4N3O2S. The normalized spacial score (nSPS) is 28.6. The summed E-state index contributed by atoms with van der Waals surface area (Å²) in [4.78, 5) is 4.15. The lowest BCUT2D eigenvalue weighted by Gasteiger charge is -2.36. The lowest BCUT2D eigenvalue weighted by Crippen LogP contribution is -2.46. The second-order valence-corrected chi connectivity index (χ2v) is 6.66. The molecule has 1 fully saturated rings. The molecule has 3 atom stereocenters. The summed E-state index contributed by atoms with van der Waals surface area (Å²) in [6.07, 6.45) is -6.55. The minimum absolute atomic E-state index is 0.00694. The number of alkyl halides is 3. The minimum atomic E-state index is -4.55. The number of amidine groups is 1. The predicted octanol–water partition coefficient (Wildman–Crippen LogP) is 2.24. The number of anilines is 1. The highest BCUT2D eigenvalue weighted by molar-refractivity contribution is 8.13. The first-order chi connectivity index (χ1) is 11.7. The number of aliphatic hydroxyl groups excluding tert-OH is 1. The second-order valence-electron chi connectivity index (χ2n) is 5.62. The number of aliphatic hydroxyl groups is 1. The largest absolute Gasteiger partial charge is 0.415 e. The van der Waals surface area contributed by atoms with Gasteiger partial charge in [0.05, 0.1) is 6.61 Å². The molecule has 0 aliphatic carbocycles. The summed E-state index contributed by atoms with van der Waals surface area (Å²) in [6.45, 7) is 1.55. The van der Waals surface area contributed by atoms with Crippen molar-refractivity contribution in [3.63, 3.8) is 0 Å². The SMILES string of the molecule is CCO.NC1=N[C@@]2(c3cc(N)ccc3F)CO[C@H](C(F)(F)F)[C@H]2CS1. The Balaban J connectivity index is 0.000000701. The Morgan fingerprint density at radius 2 is 2.04 bits per heavy atom. The number of hydrogen-bond acceptors (Lipinski definition) is 6. The Morgan fingerprint density at radius 3 is 2.64 bits per heavy atom. The molecule has 0 bridgehead atoms. The number of nitrogen functional groups attached to an aromatic ring is 1. The average molecular weight is 381 g/mol. The zero-order chi connectivity index (χ0) is 18.8. The maximum atomic E-state index is 14.2. The molecule has 0 aromatic heterocycles. The summed E-state index contributed by atoms with van der Waals surface area (Å²) in [6, 6.07) is 3.76. The third-order valence-electron chi connectivity index (χ3n) is 3.96. The summed E-state index contributed by atoms with van der Waals surface area (Å²) in [5.74, 6) is -1.68. The van der Waals surface area contributed by atoms with Crippen molar-refractivity contribution in [2.24, 2.45) is 16.6 Å². The van der Waals surface area contributed by atoms with E-state index in [1.165, 1.54) is 12.1 Å². The summed E-state index contributed by atoms with van der Waals surface area (Å²) >= 11 is 1.01. The standard InChI is InChI=1S/C13H13F4N3OS.C2H6O/c14-9-2-1-6(18)3-7(9)12-5-21-10(13(15,16)17)8(12)4-22-11(19)20-12;1-2-3/h1-3,8,10H,4-5,18H2,(H2,19,20);3H,2H2,1H3/t8-,10+,12-;/m1./s1. The molecule has 1 aromatic rings. The second kappa shape index (κ2) is 7.38. The van der Waals surface area contributed by atoms with E-state index >= 15 is 0 Å². The maximum absolute atomic E-state index is 14.2. The van der Waals surface area contributed by atoms with Crippen LogP contribution >= 0.6 is 11.8 Å². The van der Waals surface area contributed by atoms with Crippen molar-refractivity contribution < 1.29 is 27.4 Å². The van der Waals surface area contributed by atoms with Gasteiger partial charge in [-0.2, -0.15) is 13.2 Å². The van der Waals surface area contributed by atoms with Crippen molar-refractivity contribution >= 4 is 22.6 Å². The molecule has 3 rings (SSSR count). The molecule has 2 heterocycles. The van der Waals surface area contributed by atoms with Crippen molar-refractivity contribution in [1.82, 2.24) is 0 Å². The van der Waals surface area contributed by atoms with E-state index in [2.05, 4.69) is 4.99 Å². The third-order valence-corrected chi connectivity index (χ3v) is 4.87. The van der Waals surface area contributed by atoms with Crippen LogP contribution in [0.5, 0.6) is 0 Å². The number of nitrogens with two attached hydrogens (primary N) is 2. The number of hydrogen-bond donors (Lipinski definition) is 3. The average Bonchev–Trinajstić information content (AvgIpc) is 2.90. The quantitative estimate of drug-likeness (QED) is 0.512. The van der Waals surface area contributed by atoms with Gasteiger partial charge in [-0.15, -0.1) is 0 Å². The van der Waals surface area contributed by atoms with Crippen molar-refractivity contribution in [2.75, 3.05) is 24.7 Å². The Hall–Kier alpha value is -1.52. The van der Waals surface area contributed by atoms with Gasteiger partial charge < -0.3 is 21.3 Å². The van der Waals surface area contributed by atoms with Crippen molar-refractivity contribution in [3.8, 4) is 0 Å². The summed E-state index contributed by atoms with van der Waals surface area (Å²) in [5, 5.41) is 7.68. The van der Waals surface area contributed by atoms with Crippen LogP contribution in [-0.4, -0.2) is 41.5 Å². The first-order valence-corrected chi connectivity index (χ1v) is 8.47. The smallest absolute Gasteiger partial charge is 0.399 e. The molecule has 0 radical (unpaired) electrons. The van der Waals surface area contributed by atoms with Crippen molar-refractivity contribution in [1.29, 1.82) is 0 Å². The maximum Gasteiger partial charge on any atom is 0.415 e. The van der Waals surface area contributed by atoms with E-state index in [-0.39, 0.29) is 35.4 Å². The lowest BCUT2D eigenvalue weighted by atomic mass is 9.78. The van der Waals surface area contributed by atoms with Crippen LogP contribution in [-0.2, 0) is 10.3 Å². The van der Waals surface area contributed by atoms with Crippen LogP contribution in [0.25, 0.3) is 0 Å². The van der Waals surface area contributed by atoms with Gasteiger partial charge >= 0.3 is 6.18 Å². The minimum Gasteiger partial charge on any atom is -0.399 e. The summed E-state index contributed by atoms with van der Waals surface area (Å²) < 4.78 is 58.7. The number of thioether (sulfide) groups is 1. The van der Waals surface area contributed by atoms with Gasteiger partial charge in [0, 0.05) is 29.5 Å². The Morgan fingerprint density at radius 1 is 1.40 bits per heavy atom. The Kier molecular flexibility index (Phi) is 5.85. The zero-order valence-corrected chi connectivity index (χ0v) is 14.2. The molecule has 1 aromatic carbocycles. The van der Waals surface area contributed by atoms with E-state index in [4.69, 9.17) is 21.3 Å². The van der Waals surface area contributed by atoms with Gasteiger partial charge in [0.25, 0.3) is 0 Å². The summed E-state index contributed by atoms with van der Waals surface area (Å²) in [5.41, 5.74) is 10.1. The Bertz CT molecular complexity index is 656. The van der Waals surface area contributed by atoms with Gasteiger partial charge in [0.1, 0.15) is 11.4 Å². The highest BCUT2D eigenvalue weighted by atomic mass is 32.2. The number of halogens is 4. The fourth-order valence-corrected chi connectivity index (χ4v) is 4.00. The van der Waals surface area contributed by atoms with Crippen LogP contribution in [0.15, 0.2) is 23.2 Å². The highest BCUT2D eigenvalue weighted by Gasteiger charge is 2.61. The van der Waals surface area contributed by atoms with Crippen LogP contribution in [0, 0.1) is 11.7 Å². The van der Waals surface area contributed by atoms with Crippen LogP contribution < -0.4 is 11.5 Å². The molecule has 0 spiro atoms. The number of nitrogens with zero attached hydrogens (tertiary/aromatic N) is 1. The fraction of sp³-hybridized carbons (Fsp3) is 0.533. The van der Waals surface area contributed by atoms with Crippen molar-refractivity contribution in [3.05, 3.63) is 29.6 Å². The first kappa shape index (κ1) is 19.8. The molecule has 5 nitrogen and oxygen atoms in total. The number of aliphatic imine (C=N–C) groups is 1. The van der Waals surface area contributed by atoms with Gasteiger partial charge in [-0.25, -0.2) is 9.38 Å². The molecule has 25 heavy (non-hydrogen) atoms. The molecule has 2 aliphatic rings. The number of benzene rings is 1. The van der Waals surface area contributed by atoms with Crippen LogP contribution in [0.1, 0.15) is 12.5 Å². The van der Waals surface area contributed by atoms with Gasteiger partial charge in [0.2, 0.25) is 0 Å². The molecule has 140 valence electrons. The van der Waals surface area contributed by atoms with E-state index in [0.717, 1.165) is 17.8 Å².